The van der Waals surface area contributed by atoms with Gasteiger partial charge in [0.1, 0.15) is 6.61 Å². The fraction of sp³-hybridized carbons (Fsp3) is 0.464. The highest BCUT2D eigenvalue weighted by atomic mass is 16.5. The molecule has 3 N–H and O–H groups in total. The average molecular weight is 477 g/mol. The van der Waals surface area contributed by atoms with Crippen LogP contribution in [0.15, 0.2) is 48.5 Å². The number of fused-ring (bicyclic) bond motifs is 6. The van der Waals surface area contributed by atoms with Gasteiger partial charge in [0.25, 0.3) is 0 Å². The summed E-state index contributed by atoms with van der Waals surface area (Å²) < 4.78 is 5.54. The van der Waals surface area contributed by atoms with Crippen molar-refractivity contribution in [3.05, 3.63) is 59.7 Å². The molecule has 0 saturated heterocycles. The lowest BCUT2D eigenvalue weighted by Gasteiger charge is -2.51. The number of aliphatic carboxylic acids is 1. The third-order valence-electron chi connectivity index (χ3n) is 8.30. The third-order valence-corrected chi connectivity index (χ3v) is 8.30. The van der Waals surface area contributed by atoms with Crippen molar-refractivity contribution >= 4 is 18.0 Å². The summed E-state index contributed by atoms with van der Waals surface area (Å²) in [6.07, 6.45) is 4.43. The van der Waals surface area contributed by atoms with E-state index in [-0.39, 0.29) is 24.0 Å². The first-order valence-electron chi connectivity index (χ1n) is 12.5. The van der Waals surface area contributed by atoms with Gasteiger partial charge in [-0.05, 0) is 67.2 Å². The van der Waals surface area contributed by atoms with Crippen molar-refractivity contribution in [3.63, 3.8) is 0 Å². The Kier molecular flexibility index (Phi) is 6.26. The minimum absolute atomic E-state index is 0.0176. The molecule has 184 valence electrons. The summed E-state index contributed by atoms with van der Waals surface area (Å²) in [4.78, 5) is 36.4. The maximum Gasteiger partial charge on any atom is 0.407 e. The molecular formula is C28H32N2O5. The topological polar surface area (TPSA) is 105 Å². The van der Waals surface area contributed by atoms with Crippen molar-refractivity contribution in [3.8, 4) is 11.1 Å². The molecule has 0 radical (unpaired) electrons. The molecule has 4 aliphatic rings. The van der Waals surface area contributed by atoms with Gasteiger partial charge in [-0.25, -0.2) is 4.79 Å². The first-order chi connectivity index (χ1) is 16.9. The second kappa shape index (κ2) is 9.36. The lowest BCUT2D eigenvalue weighted by atomic mass is 9.57. The van der Waals surface area contributed by atoms with E-state index in [1.807, 2.05) is 24.3 Å². The Labute approximate surface area is 205 Å². The van der Waals surface area contributed by atoms with Crippen LogP contribution in [-0.2, 0) is 14.3 Å². The summed E-state index contributed by atoms with van der Waals surface area (Å²) >= 11 is 0. The number of hydrogen-bond acceptors (Lipinski definition) is 4. The Morgan fingerprint density at radius 1 is 0.886 bits per heavy atom. The average Bonchev–Trinajstić information content (AvgIpc) is 3.20. The van der Waals surface area contributed by atoms with Gasteiger partial charge in [-0.1, -0.05) is 48.5 Å². The molecule has 7 nitrogen and oxygen atoms in total. The summed E-state index contributed by atoms with van der Waals surface area (Å²) in [6, 6.07) is 16.4. The Balaban J connectivity index is 1.04. The molecule has 4 aliphatic carbocycles. The second-order valence-electron chi connectivity index (χ2n) is 10.3. The normalized spacial score (nSPS) is 24.3. The molecule has 7 heteroatoms. The molecule has 0 aromatic heterocycles. The van der Waals surface area contributed by atoms with Gasteiger partial charge < -0.3 is 20.5 Å². The van der Waals surface area contributed by atoms with Gasteiger partial charge in [-0.3, -0.25) is 9.59 Å². The number of carbonyl (C=O) groups is 3. The highest BCUT2D eigenvalue weighted by Gasteiger charge is 2.53. The van der Waals surface area contributed by atoms with E-state index in [2.05, 4.69) is 34.9 Å². The number of benzene rings is 2. The Morgan fingerprint density at radius 2 is 1.46 bits per heavy atom. The third kappa shape index (κ3) is 4.51. The van der Waals surface area contributed by atoms with Crippen LogP contribution in [0, 0.1) is 5.41 Å². The molecule has 6 rings (SSSR count). The van der Waals surface area contributed by atoms with E-state index in [1.165, 1.54) is 22.3 Å². The molecule has 3 saturated carbocycles. The lowest BCUT2D eigenvalue weighted by molar-refractivity contribution is -0.157. The van der Waals surface area contributed by atoms with E-state index < -0.39 is 17.5 Å². The number of carboxylic acid groups (broad SMARTS) is 1. The number of ether oxygens (including phenoxy) is 1. The summed E-state index contributed by atoms with van der Waals surface area (Å²) in [5, 5.41) is 15.4. The van der Waals surface area contributed by atoms with Gasteiger partial charge in [-0.2, -0.15) is 0 Å². The summed E-state index contributed by atoms with van der Waals surface area (Å²) in [7, 11) is 0. The van der Waals surface area contributed by atoms with E-state index in [4.69, 9.17) is 4.74 Å². The van der Waals surface area contributed by atoms with Crippen LogP contribution in [-0.4, -0.2) is 41.8 Å². The zero-order valence-electron chi connectivity index (χ0n) is 19.8. The minimum Gasteiger partial charge on any atom is -0.481 e. The van der Waals surface area contributed by atoms with E-state index >= 15 is 0 Å². The van der Waals surface area contributed by atoms with E-state index in [1.54, 1.807) is 0 Å². The molecule has 2 aromatic rings. The predicted octanol–water partition coefficient (Wildman–Crippen LogP) is 4.60. The van der Waals surface area contributed by atoms with Gasteiger partial charge in [-0.15, -0.1) is 0 Å². The quantitative estimate of drug-likeness (QED) is 0.483. The van der Waals surface area contributed by atoms with E-state index in [0.29, 0.717) is 38.6 Å². The Morgan fingerprint density at radius 3 is 2.03 bits per heavy atom. The lowest BCUT2D eigenvalue weighted by Crippen LogP contribution is -2.58. The van der Waals surface area contributed by atoms with Crippen molar-refractivity contribution in [1.29, 1.82) is 0 Å². The van der Waals surface area contributed by atoms with Gasteiger partial charge in [0, 0.05) is 24.4 Å². The van der Waals surface area contributed by atoms with Crippen LogP contribution in [0.25, 0.3) is 11.1 Å². The van der Waals surface area contributed by atoms with Crippen LogP contribution in [0.1, 0.15) is 68.4 Å². The van der Waals surface area contributed by atoms with Gasteiger partial charge >= 0.3 is 12.1 Å². The van der Waals surface area contributed by atoms with Crippen molar-refractivity contribution < 1.29 is 24.2 Å². The van der Waals surface area contributed by atoms with Gasteiger partial charge in [0.05, 0.1) is 5.41 Å². The fourth-order valence-corrected chi connectivity index (χ4v) is 6.14. The smallest absolute Gasteiger partial charge is 0.407 e. The zero-order chi connectivity index (χ0) is 24.5. The maximum atomic E-state index is 12.5. The van der Waals surface area contributed by atoms with Crippen molar-refractivity contribution in [1.82, 2.24) is 10.6 Å². The molecule has 35 heavy (non-hydrogen) atoms. The highest BCUT2D eigenvalue weighted by Crippen LogP contribution is 2.52. The molecule has 3 fully saturated rings. The molecule has 0 atom stereocenters. The monoisotopic (exact) mass is 476 g/mol. The number of alkyl carbamates (subject to hydrolysis) is 1. The minimum atomic E-state index is -0.698. The summed E-state index contributed by atoms with van der Waals surface area (Å²) in [5.41, 5.74) is 3.87. The van der Waals surface area contributed by atoms with Crippen molar-refractivity contribution in [2.75, 3.05) is 13.2 Å². The van der Waals surface area contributed by atoms with Crippen LogP contribution < -0.4 is 10.6 Å². The van der Waals surface area contributed by atoms with E-state index in [9.17, 15) is 19.5 Å². The summed E-state index contributed by atoms with van der Waals surface area (Å²) in [6.45, 7) is 0.625. The molecule has 2 bridgehead atoms. The predicted molar refractivity (Wildman–Crippen MR) is 131 cm³/mol. The first kappa shape index (κ1) is 23.4. The van der Waals surface area contributed by atoms with Crippen LogP contribution in [0.5, 0.6) is 0 Å². The molecule has 0 aliphatic heterocycles. The number of amides is 2. The SMILES string of the molecule is O=C(CCCNC(=O)OCC1c2ccccc2-c2ccccc21)NC12CCC(C(=O)O)(CC1)CC2. The zero-order valence-corrected chi connectivity index (χ0v) is 19.8. The standard InChI is InChI=1S/C28H32N2O5/c31-24(30-28-14-11-27(12-15-28,13-16-28)25(32)33)10-5-17-29-26(34)35-18-23-21-8-3-1-6-19(21)20-7-2-4-9-22(20)23/h1-4,6-9,23H,5,10-18H2,(H,29,34)(H,30,31)(H,32,33). The fourth-order valence-electron chi connectivity index (χ4n) is 6.14. The van der Waals surface area contributed by atoms with Crippen LogP contribution in [0.3, 0.4) is 0 Å². The molecule has 2 amide bonds. The first-order valence-corrected chi connectivity index (χ1v) is 12.5. The maximum absolute atomic E-state index is 12.5. The second-order valence-corrected chi connectivity index (χ2v) is 10.3. The summed E-state index contributed by atoms with van der Waals surface area (Å²) in [5.74, 6) is -0.718. The van der Waals surface area contributed by atoms with E-state index in [0.717, 1.165) is 19.3 Å². The molecular weight excluding hydrogens is 444 g/mol. The molecule has 0 spiro atoms. The van der Waals surface area contributed by atoms with Crippen LogP contribution in [0.2, 0.25) is 0 Å². The Bertz CT molecular complexity index is 1070. The highest BCUT2D eigenvalue weighted by molar-refractivity contribution is 5.79. The van der Waals surface area contributed by atoms with Gasteiger partial charge in [0.2, 0.25) is 5.91 Å². The van der Waals surface area contributed by atoms with Crippen molar-refractivity contribution in [2.45, 2.75) is 62.8 Å². The number of carbonyl (C=O) groups excluding carboxylic acids is 2. The molecule has 0 unspecified atom stereocenters. The Hall–Kier alpha value is -3.35. The number of nitrogens with one attached hydrogen (secondary N) is 2. The number of carboxylic acids is 1. The largest absolute Gasteiger partial charge is 0.481 e. The molecule has 2 aromatic carbocycles. The van der Waals surface area contributed by atoms with Crippen LogP contribution in [0.4, 0.5) is 4.79 Å². The van der Waals surface area contributed by atoms with Crippen LogP contribution >= 0.6 is 0 Å². The number of hydrogen-bond donors (Lipinski definition) is 3. The number of rotatable bonds is 8. The van der Waals surface area contributed by atoms with Crippen molar-refractivity contribution in [2.24, 2.45) is 5.41 Å². The van der Waals surface area contributed by atoms with Gasteiger partial charge in [0.15, 0.2) is 0 Å². The molecule has 0 heterocycles.